The summed E-state index contributed by atoms with van der Waals surface area (Å²) in [6.07, 6.45) is 6.85. The highest BCUT2D eigenvalue weighted by Crippen LogP contribution is 2.21. The van der Waals surface area contributed by atoms with Crippen molar-refractivity contribution in [3.8, 4) is 0 Å². The third kappa shape index (κ3) is 6.42. The molecule has 14 heavy (non-hydrogen) atoms. The van der Waals surface area contributed by atoms with Crippen molar-refractivity contribution in [3.63, 3.8) is 0 Å². The predicted molar refractivity (Wildman–Crippen MR) is 65.6 cm³/mol. The Bertz CT molecular complexity index is 108. The molecule has 0 aromatic heterocycles. The average molecular weight is 199 g/mol. The molecule has 0 saturated heterocycles. The second kappa shape index (κ2) is 9.51. The van der Waals surface area contributed by atoms with Crippen LogP contribution in [0.2, 0.25) is 0 Å². The second-order valence-corrected chi connectivity index (χ2v) is 4.38. The van der Waals surface area contributed by atoms with Gasteiger partial charge in [-0.15, -0.1) is 0 Å². The molecule has 0 radical (unpaired) electrons. The van der Waals surface area contributed by atoms with Crippen molar-refractivity contribution in [1.29, 1.82) is 0 Å². The van der Waals surface area contributed by atoms with Gasteiger partial charge < -0.3 is 5.32 Å². The van der Waals surface area contributed by atoms with Gasteiger partial charge in [-0.2, -0.15) is 0 Å². The summed E-state index contributed by atoms with van der Waals surface area (Å²) in [7, 11) is 0. The minimum Gasteiger partial charge on any atom is -0.317 e. The van der Waals surface area contributed by atoms with Crippen LogP contribution < -0.4 is 5.32 Å². The molecule has 1 unspecified atom stereocenters. The Morgan fingerprint density at radius 3 is 2.00 bits per heavy atom. The lowest BCUT2D eigenvalue weighted by atomic mass is 9.88. The van der Waals surface area contributed by atoms with Crippen LogP contribution in [0.1, 0.15) is 59.8 Å². The molecule has 0 bridgehead atoms. The summed E-state index contributed by atoms with van der Waals surface area (Å²) in [5, 5.41) is 3.49. The molecule has 1 heteroatoms. The molecule has 0 aliphatic heterocycles. The molecule has 86 valence electrons. The molecule has 0 aromatic rings. The van der Waals surface area contributed by atoms with E-state index in [-0.39, 0.29) is 0 Å². The van der Waals surface area contributed by atoms with Crippen LogP contribution in [0, 0.1) is 11.8 Å². The Morgan fingerprint density at radius 2 is 1.57 bits per heavy atom. The van der Waals surface area contributed by atoms with Crippen LogP contribution >= 0.6 is 0 Å². The van der Waals surface area contributed by atoms with Crippen molar-refractivity contribution < 1.29 is 0 Å². The van der Waals surface area contributed by atoms with Crippen molar-refractivity contribution in [2.24, 2.45) is 11.8 Å². The monoisotopic (exact) mass is 199 g/mol. The van der Waals surface area contributed by atoms with Crippen molar-refractivity contribution in [2.45, 2.75) is 59.8 Å². The van der Waals surface area contributed by atoms with Crippen molar-refractivity contribution >= 4 is 0 Å². The molecule has 1 atom stereocenters. The quantitative estimate of drug-likeness (QED) is 0.595. The first-order chi connectivity index (χ1) is 6.78. The molecule has 0 aromatic carbocycles. The Hall–Kier alpha value is -0.0400. The molecule has 1 nitrogen and oxygen atoms in total. The summed E-state index contributed by atoms with van der Waals surface area (Å²) in [4.78, 5) is 0. The molecule has 0 spiro atoms. The van der Waals surface area contributed by atoms with Crippen molar-refractivity contribution in [1.82, 2.24) is 5.32 Å². The maximum Gasteiger partial charge on any atom is -0.00205 e. The predicted octanol–water partition coefficient (Wildman–Crippen LogP) is 3.84. The fourth-order valence-corrected chi connectivity index (χ4v) is 2.15. The molecule has 0 aliphatic rings. The van der Waals surface area contributed by atoms with E-state index in [4.69, 9.17) is 0 Å². The van der Waals surface area contributed by atoms with E-state index >= 15 is 0 Å². The van der Waals surface area contributed by atoms with Gasteiger partial charge in [-0.05, 0) is 37.8 Å². The van der Waals surface area contributed by atoms with Crippen molar-refractivity contribution in [3.05, 3.63) is 0 Å². The Morgan fingerprint density at radius 1 is 0.929 bits per heavy atom. The second-order valence-electron chi connectivity index (χ2n) is 4.38. The first kappa shape index (κ1) is 14.0. The summed E-state index contributed by atoms with van der Waals surface area (Å²) in [6, 6.07) is 0. The van der Waals surface area contributed by atoms with Crippen LogP contribution in [0.5, 0.6) is 0 Å². The number of hydrogen-bond acceptors (Lipinski definition) is 1. The molecule has 0 aliphatic carbocycles. The smallest absolute Gasteiger partial charge is 0.00205 e. The van der Waals surface area contributed by atoms with Gasteiger partial charge >= 0.3 is 0 Å². The van der Waals surface area contributed by atoms with Gasteiger partial charge in [0.2, 0.25) is 0 Å². The lowest BCUT2D eigenvalue weighted by molar-refractivity contribution is 0.325. The SMILES string of the molecule is CCCC(CNCC)CC(CC)CC. The summed E-state index contributed by atoms with van der Waals surface area (Å²) in [6.45, 7) is 11.5. The molecule has 0 heterocycles. The summed E-state index contributed by atoms with van der Waals surface area (Å²) >= 11 is 0. The van der Waals surface area contributed by atoms with Crippen LogP contribution in [-0.4, -0.2) is 13.1 Å². The first-order valence-corrected chi connectivity index (χ1v) is 6.49. The topological polar surface area (TPSA) is 12.0 Å². The van der Waals surface area contributed by atoms with Gasteiger partial charge in [-0.25, -0.2) is 0 Å². The van der Waals surface area contributed by atoms with Crippen LogP contribution in [-0.2, 0) is 0 Å². The fourth-order valence-electron chi connectivity index (χ4n) is 2.15. The minimum absolute atomic E-state index is 0.907. The highest BCUT2D eigenvalue weighted by molar-refractivity contribution is 4.66. The minimum atomic E-state index is 0.907. The summed E-state index contributed by atoms with van der Waals surface area (Å²) in [5.74, 6) is 1.86. The molecule has 0 saturated carbocycles. The van der Waals surface area contributed by atoms with E-state index in [0.29, 0.717) is 0 Å². The highest BCUT2D eigenvalue weighted by Gasteiger charge is 2.12. The van der Waals surface area contributed by atoms with Gasteiger partial charge in [0.1, 0.15) is 0 Å². The largest absolute Gasteiger partial charge is 0.317 e. The van der Waals surface area contributed by atoms with Gasteiger partial charge in [0.05, 0.1) is 0 Å². The maximum absolute atomic E-state index is 3.49. The molecule has 0 amide bonds. The van der Waals surface area contributed by atoms with Gasteiger partial charge in [0, 0.05) is 0 Å². The van der Waals surface area contributed by atoms with Crippen LogP contribution in [0.3, 0.4) is 0 Å². The zero-order chi connectivity index (χ0) is 10.8. The Labute approximate surface area is 90.7 Å². The van der Waals surface area contributed by atoms with Gasteiger partial charge in [0.15, 0.2) is 0 Å². The van der Waals surface area contributed by atoms with E-state index in [1.54, 1.807) is 0 Å². The van der Waals surface area contributed by atoms with Gasteiger partial charge in [0.25, 0.3) is 0 Å². The van der Waals surface area contributed by atoms with Crippen molar-refractivity contribution in [2.75, 3.05) is 13.1 Å². The van der Waals surface area contributed by atoms with Crippen LogP contribution in [0.25, 0.3) is 0 Å². The molecular weight excluding hydrogens is 170 g/mol. The van der Waals surface area contributed by atoms with E-state index in [1.807, 2.05) is 0 Å². The summed E-state index contributed by atoms with van der Waals surface area (Å²) < 4.78 is 0. The maximum atomic E-state index is 3.49. The van der Waals surface area contributed by atoms with E-state index in [1.165, 1.54) is 38.6 Å². The normalized spacial score (nSPS) is 13.5. The molecular formula is C13H29N. The number of hydrogen-bond donors (Lipinski definition) is 1. The van der Waals surface area contributed by atoms with E-state index < -0.39 is 0 Å². The van der Waals surface area contributed by atoms with Crippen LogP contribution in [0.4, 0.5) is 0 Å². The van der Waals surface area contributed by atoms with E-state index in [2.05, 4.69) is 33.0 Å². The number of rotatable bonds is 9. The highest BCUT2D eigenvalue weighted by atomic mass is 14.8. The molecule has 0 rings (SSSR count). The standard InChI is InChI=1S/C13H29N/c1-5-9-13(11-14-8-4)10-12(6-2)7-3/h12-14H,5-11H2,1-4H3. The van der Waals surface area contributed by atoms with Crippen LogP contribution in [0.15, 0.2) is 0 Å². The Kier molecular flexibility index (Phi) is 9.49. The van der Waals surface area contributed by atoms with Gasteiger partial charge in [-0.1, -0.05) is 47.0 Å². The lowest BCUT2D eigenvalue weighted by Gasteiger charge is -2.21. The molecule has 1 N–H and O–H groups in total. The average Bonchev–Trinajstić information content (AvgIpc) is 2.22. The lowest BCUT2D eigenvalue weighted by Crippen LogP contribution is -2.24. The van der Waals surface area contributed by atoms with E-state index in [0.717, 1.165) is 18.4 Å². The summed E-state index contributed by atoms with van der Waals surface area (Å²) in [5.41, 5.74) is 0. The third-order valence-electron chi connectivity index (χ3n) is 3.20. The zero-order valence-corrected chi connectivity index (χ0v) is 10.6. The third-order valence-corrected chi connectivity index (χ3v) is 3.20. The fraction of sp³-hybridized carbons (Fsp3) is 1.00. The first-order valence-electron chi connectivity index (χ1n) is 6.49. The Balaban J connectivity index is 3.80. The zero-order valence-electron chi connectivity index (χ0n) is 10.6. The van der Waals surface area contributed by atoms with Gasteiger partial charge in [-0.3, -0.25) is 0 Å². The molecule has 0 fully saturated rings. The van der Waals surface area contributed by atoms with E-state index in [9.17, 15) is 0 Å². The number of nitrogens with one attached hydrogen (secondary N) is 1.